The average Bonchev–Trinajstić information content (AvgIpc) is 2.51. The molecule has 2 rings (SSSR count). The van der Waals surface area contributed by atoms with Crippen LogP contribution in [0.5, 0.6) is 0 Å². The molecule has 0 bridgehead atoms. The first-order valence-corrected chi connectivity index (χ1v) is 7.25. The monoisotopic (exact) mass is 363 g/mol. The summed E-state index contributed by atoms with van der Waals surface area (Å²) in [7, 11) is 0. The van der Waals surface area contributed by atoms with Gasteiger partial charge in [-0.1, -0.05) is 29.8 Å². The number of rotatable bonds is 4. The van der Waals surface area contributed by atoms with Gasteiger partial charge < -0.3 is 9.84 Å². The van der Waals surface area contributed by atoms with Crippen LogP contribution in [0.3, 0.4) is 0 Å². The van der Waals surface area contributed by atoms with Gasteiger partial charge in [-0.2, -0.15) is 13.2 Å². The number of hydrogen-bond donors (Lipinski definition) is 1. The second-order valence-corrected chi connectivity index (χ2v) is 5.39. The van der Waals surface area contributed by atoms with Crippen molar-refractivity contribution < 1.29 is 27.9 Å². The maximum Gasteiger partial charge on any atom is 0.416 e. The average molecular weight is 364 g/mol. The van der Waals surface area contributed by atoms with Gasteiger partial charge in [0.2, 0.25) is 0 Å². The van der Waals surface area contributed by atoms with Crippen LogP contribution < -0.4 is 0 Å². The topological polar surface area (TPSA) is 72.6 Å². The van der Waals surface area contributed by atoms with Crippen molar-refractivity contribution in [1.29, 1.82) is 0 Å². The molecule has 9 heteroatoms. The number of nitrogens with zero attached hydrogens (tertiary/aromatic N) is 1. The molecule has 24 heavy (non-hydrogen) atoms. The zero-order chi connectivity index (χ0) is 18.1. The van der Waals surface area contributed by atoms with E-state index in [1.807, 2.05) is 0 Å². The van der Waals surface area contributed by atoms with Gasteiger partial charge in [-0.15, -0.1) is 0 Å². The summed E-state index contributed by atoms with van der Waals surface area (Å²) in [6, 6.07) is 4.13. The molecular weight excluding hydrogens is 351 g/mol. The van der Waals surface area contributed by atoms with Crippen LogP contribution in [0, 0.1) is 10.1 Å². The zero-order valence-electron chi connectivity index (χ0n) is 12.4. The van der Waals surface area contributed by atoms with Gasteiger partial charge in [0, 0.05) is 11.0 Å². The number of ether oxygens (including phenoxy) is 1. The highest BCUT2D eigenvalue weighted by atomic mass is 35.5. The van der Waals surface area contributed by atoms with Crippen LogP contribution in [-0.4, -0.2) is 22.7 Å². The van der Waals surface area contributed by atoms with Gasteiger partial charge in [-0.05, 0) is 19.1 Å². The number of benzene rings is 1. The van der Waals surface area contributed by atoms with Gasteiger partial charge in [-0.25, -0.2) is 0 Å². The SMILES string of the molecule is CCOC1=C(Cl)C(O)C=CC1(c1ccccc1C(F)(F)F)[N+](=O)[O-]. The van der Waals surface area contributed by atoms with Gasteiger partial charge >= 0.3 is 11.7 Å². The molecule has 130 valence electrons. The molecule has 0 aromatic heterocycles. The molecule has 1 N–H and O–H groups in total. The van der Waals surface area contributed by atoms with E-state index in [1.54, 1.807) is 0 Å². The Labute approximate surface area is 140 Å². The van der Waals surface area contributed by atoms with Crippen molar-refractivity contribution >= 4 is 11.6 Å². The Morgan fingerprint density at radius 2 is 2.04 bits per heavy atom. The molecule has 0 saturated heterocycles. The molecule has 0 heterocycles. The van der Waals surface area contributed by atoms with E-state index in [1.165, 1.54) is 13.0 Å². The number of halogens is 4. The maximum absolute atomic E-state index is 13.3. The van der Waals surface area contributed by atoms with Gasteiger partial charge in [0.15, 0.2) is 5.76 Å². The Balaban J connectivity index is 2.84. The lowest BCUT2D eigenvalue weighted by molar-refractivity contribution is -0.558. The fraction of sp³-hybridized carbons (Fsp3) is 0.333. The van der Waals surface area contributed by atoms with Crippen molar-refractivity contribution in [2.75, 3.05) is 6.61 Å². The summed E-state index contributed by atoms with van der Waals surface area (Å²) >= 11 is 5.92. The Hall–Kier alpha value is -2.06. The van der Waals surface area contributed by atoms with Crippen LogP contribution in [0.25, 0.3) is 0 Å². The van der Waals surface area contributed by atoms with Crippen LogP contribution >= 0.6 is 11.6 Å². The molecule has 1 aliphatic carbocycles. The second-order valence-electron chi connectivity index (χ2n) is 4.98. The number of nitro groups is 1. The van der Waals surface area contributed by atoms with E-state index in [4.69, 9.17) is 16.3 Å². The van der Waals surface area contributed by atoms with Crippen molar-refractivity contribution in [2.45, 2.75) is 24.7 Å². The molecule has 1 aromatic rings. The summed E-state index contributed by atoms with van der Waals surface area (Å²) in [6.45, 7) is 1.43. The number of hydrogen-bond acceptors (Lipinski definition) is 4. The Morgan fingerprint density at radius 3 is 2.58 bits per heavy atom. The summed E-state index contributed by atoms with van der Waals surface area (Å²) in [4.78, 5) is 10.9. The highest BCUT2D eigenvalue weighted by Gasteiger charge is 2.56. The summed E-state index contributed by atoms with van der Waals surface area (Å²) in [5.74, 6) is -0.525. The zero-order valence-corrected chi connectivity index (χ0v) is 13.1. The first-order valence-electron chi connectivity index (χ1n) is 6.87. The number of aliphatic hydroxyl groups excluding tert-OH is 1. The molecule has 0 saturated carbocycles. The Morgan fingerprint density at radius 1 is 1.42 bits per heavy atom. The van der Waals surface area contributed by atoms with Gasteiger partial charge in [0.25, 0.3) is 0 Å². The van der Waals surface area contributed by atoms with Crippen LogP contribution in [0.1, 0.15) is 18.1 Å². The van der Waals surface area contributed by atoms with Gasteiger partial charge in [-0.3, -0.25) is 10.1 Å². The third-order valence-electron chi connectivity index (χ3n) is 3.56. The van der Waals surface area contributed by atoms with E-state index in [9.17, 15) is 28.4 Å². The highest BCUT2D eigenvalue weighted by Crippen LogP contribution is 2.46. The third kappa shape index (κ3) is 2.87. The van der Waals surface area contributed by atoms with E-state index >= 15 is 0 Å². The molecule has 0 radical (unpaired) electrons. The fourth-order valence-corrected chi connectivity index (χ4v) is 2.82. The van der Waals surface area contributed by atoms with Crippen LogP contribution in [0.2, 0.25) is 0 Å². The van der Waals surface area contributed by atoms with Gasteiger partial charge in [0.05, 0.1) is 22.8 Å². The molecule has 0 amide bonds. The minimum Gasteiger partial charge on any atom is -0.489 e. The molecule has 1 aliphatic rings. The third-order valence-corrected chi connectivity index (χ3v) is 3.96. The predicted molar refractivity (Wildman–Crippen MR) is 79.8 cm³/mol. The van der Waals surface area contributed by atoms with Crippen molar-refractivity contribution in [3.05, 3.63) is 68.5 Å². The van der Waals surface area contributed by atoms with Crippen LogP contribution in [0.15, 0.2) is 47.2 Å². The standard InChI is InChI=1S/C15H13ClF3NO4/c1-2-24-13-12(16)11(21)7-8-14(13,20(22)23)9-5-3-4-6-10(9)15(17,18)19/h3-8,11,21H,2H2,1H3. The normalized spacial score (nSPS) is 24.2. The summed E-state index contributed by atoms with van der Waals surface area (Å²) < 4.78 is 45.2. The van der Waals surface area contributed by atoms with Crippen molar-refractivity contribution in [3.8, 4) is 0 Å². The first-order chi connectivity index (χ1) is 11.2. The Bertz CT molecular complexity index is 717. The Kier molecular flexibility index (Phi) is 4.91. The van der Waals surface area contributed by atoms with E-state index < -0.39 is 44.7 Å². The van der Waals surface area contributed by atoms with E-state index in [2.05, 4.69) is 0 Å². The molecule has 5 nitrogen and oxygen atoms in total. The van der Waals surface area contributed by atoms with Crippen LogP contribution in [0.4, 0.5) is 13.2 Å². The second kappa shape index (κ2) is 6.45. The molecule has 2 atom stereocenters. The first kappa shape index (κ1) is 18.3. The minimum absolute atomic E-state index is 0.0735. The van der Waals surface area contributed by atoms with E-state index in [0.717, 1.165) is 30.4 Å². The molecule has 0 aliphatic heterocycles. The van der Waals surface area contributed by atoms with Crippen molar-refractivity contribution in [2.24, 2.45) is 0 Å². The molecular formula is C15H13ClF3NO4. The largest absolute Gasteiger partial charge is 0.489 e. The fourth-order valence-electron chi connectivity index (χ4n) is 2.55. The number of aliphatic hydroxyl groups is 1. The van der Waals surface area contributed by atoms with Gasteiger partial charge in [0.1, 0.15) is 6.10 Å². The summed E-state index contributed by atoms with van der Waals surface area (Å²) in [6.07, 6.45) is -4.35. The van der Waals surface area contributed by atoms with Crippen molar-refractivity contribution in [3.63, 3.8) is 0 Å². The smallest absolute Gasteiger partial charge is 0.416 e. The lowest BCUT2D eigenvalue weighted by Gasteiger charge is -2.31. The lowest BCUT2D eigenvalue weighted by Crippen LogP contribution is -2.42. The quantitative estimate of drug-likeness (QED) is 0.504. The van der Waals surface area contributed by atoms with E-state index in [-0.39, 0.29) is 6.61 Å². The summed E-state index contributed by atoms with van der Waals surface area (Å²) in [5, 5.41) is 21.2. The molecule has 0 spiro atoms. The highest BCUT2D eigenvalue weighted by molar-refractivity contribution is 6.30. The molecule has 2 unspecified atom stereocenters. The molecule has 1 aromatic carbocycles. The minimum atomic E-state index is -4.81. The lowest BCUT2D eigenvalue weighted by atomic mass is 9.81. The van der Waals surface area contributed by atoms with Crippen LogP contribution in [-0.2, 0) is 16.5 Å². The number of alkyl halides is 3. The maximum atomic E-state index is 13.3. The predicted octanol–water partition coefficient (Wildman–Crippen LogP) is 3.60. The van der Waals surface area contributed by atoms with Crippen molar-refractivity contribution in [1.82, 2.24) is 0 Å². The van der Waals surface area contributed by atoms with E-state index in [0.29, 0.717) is 0 Å². The summed E-state index contributed by atoms with van der Waals surface area (Å²) in [5.41, 5.74) is -4.28. The molecule has 0 fully saturated rings.